The molecule has 6 nitrogen and oxygen atoms in total. The molecule has 0 radical (unpaired) electrons. The summed E-state index contributed by atoms with van der Waals surface area (Å²) in [5.41, 5.74) is 1.88. The molecule has 2 aromatic heterocycles. The number of thiophene rings is 1. The van der Waals surface area contributed by atoms with Crippen LogP contribution in [0, 0.1) is 0 Å². The molecule has 2 amide bonds. The van der Waals surface area contributed by atoms with Gasteiger partial charge in [0.05, 0.1) is 0 Å². The fourth-order valence-electron chi connectivity index (χ4n) is 2.84. The second-order valence-corrected chi connectivity index (χ2v) is 7.21. The van der Waals surface area contributed by atoms with Crippen LogP contribution in [-0.4, -0.2) is 34.5 Å². The summed E-state index contributed by atoms with van der Waals surface area (Å²) in [7, 11) is 0. The lowest BCUT2D eigenvalue weighted by atomic mass is 10.2. The van der Waals surface area contributed by atoms with Crippen LogP contribution in [0.5, 0.6) is 0 Å². The van der Waals surface area contributed by atoms with Gasteiger partial charge >= 0.3 is 0 Å². The number of nitrogens with one attached hydrogen (secondary N) is 2. The van der Waals surface area contributed by atoms with Gasteiger partial charge in [0.1, 0.15) is 5.82 Å². The number of carbonyl (C=O) groups is 2. The Morgan fingerprint density at radius 2 is 1.93 bits per heavy atom. The molecule has 3 aromatic rings. The maximum atomic E-state index is 12.0. The van der Waals surface area contributed by atoms with Crippen molar-refractivity contribution in [3.05, 3.63) is 76.5 Å². The standard InChI is InChI=1S/C21H24N4O2S/c26-20(7-4-10-24-21(27)18-9-14-28-16-18)23-11-8-19-22-12-13-25(19)15-17-5-2-1-3-6-17/h1-3,5-6,9,12-14,16H,4,7-8,10-11,15H2,(H,23,26)(H,24,27). The molecule has 7 heteroatoms. The highest BCUT2D eigenvalue weighted by Crippen LogP contribution is 2.06. The van der Waals surface area contributed by atoms with Crippen molar-refractivity contribution >= 4 is 23.2 Å². The van der Waals surface area contributed by atoms with Gasteiger partial charge in [-0.05, 0) is 23.4 Å². The first-order chi connectivity index (χ1) is 13.7. The van der Waals surface area contributed by atoms with Crippen molar-refractivity contribution in [3.63, 3.8) is 0 Å². The largest absolute Gasteiger partial charge is 0.356 e. The Labute approximate surface area is 168 Å². The molecule has 0 unspecified atom stereocenters. The van der Waals surface area contributed by atoms with Crippen molar-refractivity contribution in [2.24, 2.45) is 0 Å². The molecule has 146 valence electrons. The highest BCUT2D eigenvalue weighted by molar-refractivity contribution is 7.08. The van der Waals surface area contributed by atoms with Crippen LogP contribution in [0.4, 0.5) is 0 Å². The van der Waals surface area contributed by atoms with Gasteiger partial charge < -0.3 is 15.2 Å². The number of rotatable bonds is 10. The number of nitrogens with zero attached hydrogens (tertiary/aromatic N) is 2. The monoisotopic (exact) mass is 396 g/mol. The number of hydrogen-bond acceptors (Lipinski definition) is 4. The van der Waals surface area contributed by atoms with Gasteiger partial charge in [-0.25, -0.2) is 4.98 Å². The topological polar surface area (TPSA) is 76.0 Å². The van der Waals surface area contributed by atoms with Crippen LogP contribution in [0.25, 0.3) is 0 Å². The molecule has 1 aromatic carbocycles. The van der Waals surface area contributed by atoms with Crippen molar-refractivity contribution in [3.8, 4) is 0 Å². The lowest BCUT2D eigenvalue weighted by molar-refractivity contribution is -0.121. The molecule has 0 fully saturated rings. The van der Waals surface area contributed by atoms with Crippen LogP contribution in [0.3, 0.4) is 0 Å². The molecule has 0 atom stereocenters. The van der Waals surface area contributed by atoms with Gasteiger partial charge in [0, 0.05) is 55.8 Å². The van der Waals surface area contributed by atoms with E-state index >= 15 is 0 Å². The third-order valence-electron chi connectivity index (χ3n) is 4.32. The molecule has 0 aliphatic rings. The summed E-state index contributed by atoms with van der Waals surface area (Å²) in [6, 6.07) is 12.0. The van der Waals surface area contributed by atoms with Crippen molar-refractivity contribution in [2.75, 3.05) is 13.1 Å². The van der Waals surface area contributed by atoms with Crippen LogP contribution < -0.4 is 10.6 Å². The molecule has 0 saturated heterocycles. The van der Waals surface area contributed by atoms with E-state index in [1.807, 2.05) is 35.2 Å². The minimum absolute atomic E-state index is 0.00838. The van der Waals surface area contributed by atoms with Gasteiger partial charge in [-0.3, -0.25) is 9.59 Å². The van der Waals surface area contributed by atoms with E-state index in [2.05, 4.69) is 32.3 Å². The van der Waals surface area contributed by atoms with Crippen LogP contribution >= 0.6 is 11.3 Å². The maximum absolute atomic E-state index is 12.0. The molecule has 2 N–H and O–H groups in total. The quantitative estimate of drug-likeness (QED) is 0.518. The van der Waals surface area contributed by atoms with Gasteiger partial charge in [0.2, 0.25) is 5.91 Å². The number of hydrogen-bond donors (Lipinski definition) is 2. The van der Waals surface area contributed by atoms with Crippen molar-refractivity contribution in [2.45, 2.75) is 25.8 Å². The first kappa shape index (κ1) is 19.8. The third-order valence-corrected chi connectivity index (χ3v) is 5.00. The summed E-state index contributed by atoms with van der Waals surface area (Å²) in [5.74, 6) is 0.852. The molecule has 2 heterocycles. The minimum Gasteiger partial charge on any atom is -0.356 e. The van der Waals surface area contributed by atoms with Crippen molar-refractivity contribution in [1.29, 1.82) is 0 Å². The van der Waals surface area contributed by atoms with E-state index in [1.54, 1.807) is 12.3 Å². The zero-order chi connectivity index (χ0) is 19.6. The lowest BCUT2D eigenvalue weighted by Crippen LogP contribution is -2.28. The Balaban J connectivity index is 1.32. The van der Waals surface area contributed by atoms with E-state index < -0.39 is 0 Å². The molecule has 0 aliphatic heterocycles. The highest BCUT2D eigenvalue weighted by atomic mass is 32.1. The fraction of sp³-hybridized carbons (Fsp3) is 0.286. The molecular weight excluding hydrogens is 372 g/mol. The lowest BCUT2D eigenvalue weighted by Gasteiger charge is -2.09. The van der Waals surface area contributed by atoms with E-state index in [4.69, 9.17) is 0 Å². The third kappa shape index (κ3) is 6.06. The summed E-state index contributed by atoms with van der Waals surface area (Å²) in [5, 5.41) is 9.43. The molecule has 28 heavy (non-hydrogen) atoms. The van der Waals surface area contributed by atoms with Gasteiger partial charge in [-0.15, -0.1) is 0 Å². The Kier molecular flexibility index (Phi) is 7.37. The summed E-state index contributed by atoms with van der Waals surface area (Å²) in [6.45, 7) is 1.81. The SMILES string of the molecule is O=C(CCCNC(=O)c1ccsc1)NCCc1nccn1Cc1ccccc1. The maximum Gasteiger partial charge on any atom is 0.252 e. The summed E-state index contributed by atoms with van der Waals surface area (Å²) in [6.07, 6.45) is 5.43. The summed E-state index contributed by atoms with van der Waals surface area (Å²) in [4.78, 5) is 28.2. The molecule has 0 spiro atoms. The number of amides is 2. The van der Waals surface area contributed by atoms with Crippen LogP contribution in [0.15, 0.2) is 59.6 Å². The Bertz CT molecular complexity index is 875. The number of imidazole rings is 1. The Morgan fingerprint density at radius 1 is 1.07 bits per heavy atom. The predicted molar refractivity (Wildman–Crippen MR) is 110 cm³/mol. The van der Waals surface area contributed by atoms with E-state index in [0.717, 1.165) is 12.4 Å². The van der Waals surface area contributed by atoms with Crippen LogP contribution in [-0.2, 0) is 17.8 Å². The predicted octanol–water partition coefficient (Wildman–Crippen LogP) is 2.86. The average Bonchev–Trinajstić information content (AvgIpc) is 3.39. The minimum atomic E-state index is -0.0908. The molecule has 0 saturated carbocycles. The second kappa shape index (κ2) is 10.4. The Hall–Kier alpha value is -2.93. The van der Waals surface area contributed by atoms with Crippen molar-refractivity contribution < 1.29 is 9.59 Å². The zero-order valence-electron chi connectivity index (χ0n) is 15.6. The highest BCUT2D eigenvalue weighted by Gasteiger charge is 2.07. The fourth-order valence-corrected chi connectivity index (χ4v) is 3.48. The number of carbonyl (C=O) groups excluding carboxylic acids is 2. The van der Waals surface area contributed by atoms with E-state index in [1.165, 1.54) is 16.9 Å². The molecule has 3 rings (SSSR count). The Morgan fingerprint density at radius 3 is 2.71 bits per heavy atom. The average molecular weight is 397 g/mol. The molecule has 0 aliphatic carbocycles. The smallest absolute Gasteiger partial charge is 0.252 e. The first-order valence-electron chi connectivity index (χ1n) is 9.33. The van der Waals surface area contributed by atoms with Gasteiger partial charge in [-0.2, -0.15) is 11.3 Å². The van der Waals surface area contributed by atoms with E-state index in [-0.39, 0.29) is 11.8 Å². The van der Waals surface area contributed by atoms with E-state index in [9.17, 15) is 9.59 Å². The summed E-state index contributed by atoms with van der Waals surface area (Å²) < 4.78 is 2.10. The number of benzene rings is 1. The van der Waals surface area contributed by atoms with Crippen LogP contribution in [0.1, 0.15) is 34.6 Å². The first-order valence-corrected chi connectivity index (χ1v) is 10.3. The van der Waals surface area contributed by atoms with E-state index in [0.29, 0.717) is 37.9 Å². The van der Waals surface area contributed by atoms with Gasteiger partial charge in [0.25, 0.3) is 5.91 Å². The van der Waals surface area contributed by atoms with Crippen molar-refractivity contribution in [1.82, 2.24) is 20.2 Å². The normalized spacial score (nSPS) is 10.6. The van der Waals surface area contributed by atoms with Crippen LogP contribution in [0.2, 0.25) is 0 Å². The summed E-state index contributed by atoms with van der Waals surface area (Å²) >= 11 is 1.49. The van der Waals surface area contributed by atoms with Gasteiger partial charge in [0.15, 0.2) is 0 Å². The number of aromatic nitrogens is 2. The van der Waals surface area contributed by atoms with Gasteiger partial charge in [-0.1, -0.05) is 30.3 Å². The zero-order valence-corrected chi connectivity index (χ0v) is 16.5. The molecule has 0 bridgehead atoms. The second-order valence-electron chi connectivity index (χ2n) is 6.43. The molecular formula is C21H24N4O2S.